The van der Waals surface area contributed by atoms with E-state index in [9.17, 15) is 14.7 Å². The number of benzene rings is 1. The molecule has 2 aromatic heterocycles. The van der Waals surface area contributed by atoms with Crippen molar-refractivity contribution >= 4 is 17.1 Å². The number of hydrogen-bond donors (Lipinski definition) is 2. The van der Waals surface area contributed by atoms with Crippen molar-refractivity contribution in [3.05, 3.63) is 50.2 Å². The van der Waals surface area contributed by atoms with Crippen molar-refractivity contribution in [3.8, 4) is 5.75 Å². The number of H-pyrrole nitrogens is 1. The molecule has 0 aliphatic carbocycles. The van der Waals surface area contributed by atoms with Gasteiger partial charge in [-0.3, -0.25) is 14.3 Å². The number of nitrogens with one attached hydrogen (secondary N) is 1. The molecule has 0 bridgehead atoms. The molecule has 184 valence electrons. The lowest BCUT2D eigenvalue weighted by molar-refractivity contribution is 0.0929. The minimum absolute atomic E-state index is 0.0718. The van der Waals surface area contributed by atoms with Gasteiger partial charge in [0.25, 0.3) is 5.56 Å². The van der Waals surface area contributed by atoms with Gasteiger partial charge in [0.2, 0.25) is 5.95 Å². The lowest BCUT2D eigenvalue weighted by Crippen LogP contribution is -2.37. The van der Waals surface area contributed by atoms with Crippen LogP contribution in [0, 0.1) is 12.8 Å². The molecule has 1 aliphatic rings. The number of aliphatic hydroxyl groups excluding tert-OH is 1. The second kappa shape index (κ2) is 9.66. The molecule has 0 amide bonds. The van der Waals surface area contributed by atoms with Gasteiger partial charge in [-0.1, -0.05) is 32.9 Å². The van der Waals surface area contributed by atoms with Crippen LogP contribution in [0.25, 0.3) is 11.2 Å². The van der Waals surface area contributed by atoms with Crippen LogP contribution in [0.5, 0.6) is 5.75 Å². The number of nitrogens with zero attached hydrogens (tertiary/aromatic N) is 4. The molecule has 1 aromatic carbocycles. The highest BCUT2D eigenvalue weighted by atomic mass is 16.5. The first-order chi connectivity index (χ1) is 16.2. The maximum Gasteiger partial charge on any atom is 0.329 e. The fourth-order valence-corrected chi connectivity index (χ4v) is 4.70. The lowest BCUT2D eigenvalue weighted by Gasteiger charge is -2.32. The molecule has 0 saturated carbocycles. The van der Waals surface area contributed by atoms with Crippen LogP contribution in [0.2, 0.25) is 0 Å². The number of fused-ring (bicyclic) bond motifs is 1. The summed E-state index contributed by atoms with van der Waals surface area (Å²) in [5, 5.41) is 11.0. The van der Waals surface area contributed by atoms with Crippen LogP contribution in [-0.4, -0.2) is 50.0 Å². The number of aliphatic hydroxyl groups is 1. The lowest BCUT2D eigenvalue weighted by atomic mass is 10.0. The third-order valence-corrected chi connectivity index (χ3v) is 6.54. The summed E-state index contributed by atoms with van der Waals surface area (Å²) in [4.78, 5) is 34.2. The highest BCUT2D eigenvalue weighted by molar-refractivity contribution is 5.74. The van der Waals surface area contributed by atoms with Gasteiger partial charge in [-0.15, -0.1) is 0 Å². The van der Waals surface area contributed by atoms with Gasteiger partial charge in [-0.05, 0) is 48.8 Å². The Morgan fingerprint density at radius 1 is 1.29 bits per heavy atom. The molecule has 0 unspecified atom stereocenters. The number of rotatable bonds is 7. The smallest absolute Gasteiger partial charge is 0.329 e. The van der Waals surface area contributed by atoms with E-state index in [2.05, 4.69) is 42.8 Å². The molecule has 3 heterocycles. The Hall–Kier alpha value is -3.07. The Kier molecular flexibility index (Phi) is 6.84. The van der Waals surface area contributed by atoms with Crippen LogP contribution in [-0.2, 0) is 13.6 Å². The maximum atomic E-state index is 12.8. The molecule has 1 saturated heterocycles. The van der Waals surface area contributed by atoms with Crippen LogP contribution in [0.1, 0.15) is 50.7 Å². The standard InChI is InChI=1S/C25H35N5O4/c1-15(2)19-9-8-16(3)11-20(19)34-14-18(31)13-30-21-22(28(5)25(33)27-23(21)32)26-24(30)29-10-6-7-17(4)12-29/h8-9,11,15,17-18,31H,6-7,10,12-14H2,1-5H3,(H,27,32,33)/t17-,18-/m1/s1. The first kappa shape index (κ1) is 24.1. The number of ether oxygens (including phenoxy) is 1. The summed E-state index contributed by atoms with van der Waals surface area (Å²) in [6.45, 7) is 10.2. The molecule has 3 aromatic rings. The molecule has 0 spiro atoms. The zero-order valence-electron chi connectivity index (χ0n) is 20.7. The van der Waals surface area contributed by atoms with Crippen molar-refractivity contribution in [2.75, 3.05) is 24.6 Å². The maximum absolute atomic E-state index is 12.8. The van der Waals surface area contributed by atoms with E-state index >= 15 is 0 Å². The molecule has 34 heavy (non-hydrogen) atoms. The highest BCUT2D eigenvalue weighted by Gasteiger charge is 2.26. The van der Waals surface area contributed by atoms with Crippen molar-refractivity contribution in [2.45, 2.75) is 59.1 Å². The van der Waals surface area contributed by atoms with Crippen LogP contribution in [0.15, 0.2) is 27.8 Å². The van der Waals surface area contributed by atoms with Crippen LogP contribution < -0.4 is 20.9 Å². The van der Waals surface area contributed by atoms with E-state index in [-0.39, 0.29) is 24.6 Å². The number of piperidine rings is 1. The van der Waals surface area contributed by atoms with Crippen LogP contribution in [0.3, 0.4) is 0 Å². The molecule has 2 N–H and O–H groups in total. The monoisotopic (exact) mass is 469 g/mol. The number of aryl methyl sites for hydroxylation is 2. The zero-order chi connectivity index (χ0) is 24.6. The average Bonchev–Trinajstić information content (AvgIpc) is 3.15. The summed E-state index contributed by atoms with van der Waals surface area (Å²) < 4.78 is 9.12. The molecular weight excluding hydrogens is 434 g/mol. The van der Waals surface area contributed by atoms with E-state index in [0.717, 1.165) is 42.8 Å². The largest absolute Gasteiger partial charge is 0.491 e. The molecule has 1 fully saturated rings. The molecule has 9 nitrogen and oxygen atoms in total. The summed E-state index contributed by atoms with van der Waals surface area (Å²) >= 11 is 0. The fraction of sp³-hybridized carbons (Fsp3) is 0.560. The van der Waals surface area contributed by atoms with E-state index in [1.165, 1.54) is 4.57 Å². The van der Waals surface area contributed by atoms with Gasteiger partial charge in [-0.2, -0.15) is 4.98 Å². The third-order valence-electron chi connectivity index (χ3n) is 6.54. The van der Waals surface area contributed by atoms with Crippen molar-refractivity contribution in [3.63, 3.8) is 0 Å². The number of anilines is 1. The van der Waals surface area contributed by atoms with Crippen LogP contribution >= 0.6 is 0 Å². The van der Waals surface area contributed by atoms with Gasteiger partial charge in [0.05, 0.1) is 6.54 Å². The summed E-state index contributed by atoms with van der Waals surface area (Å²) in [5.41, 5.74) is 1.76. The highest BCUT2D eigenvalue weighted by Crippen LogP contribution is 2.28. The van der Waals surface area contributed by atoms with Crippen molar-refractivity contribution in [1.82, 2.24) is 19.1 Å². The van der Waals surface area contributed by atoms with Gasteiger partial charge >= 0.3 is 5.69 Å². The Balaban J connectivity index is 1.66. The Bertz CT molecular complexity index is 1290. The first-order valence-electron chi connectivity index (χ1n) is 12.0. The zero-order valence-corrected chi connectivity index (χ0v) is 20.7. The average molecular weight is 470 g/mol. The Labute approximate surface area is 199 Å². The van der Waals surface area contributed by atoms with E-state index < -0.39 is 17.4 Å². The predicted molar refractivity (Wildman–Crippen MR) is 133 cm³/mol. The predicted octanol–water partition coefficient (Wildman–Crippen LogP) is 2.53. The second-order valence-corrected chi connectivity index (χ2v) is 9.87. The van der Waals surface area contributed by atoms with E-state index in [0.29, 0.717) is 17.5 Å². The quantitative estimate of drug-likeness (QED) is 0.551. The number of hydrogen-bond acceptors (Lipinski definition) is 6. The number of aromatic amines is 1. The van der Waals surface area contributed by atoms with E-state index in [4.69, 9.17) is 9.72 Å². The number of imidazole rings is 1. The third kappa shape index (κ3) is 4.75. The molecule has 9 heteroatoms. The molecule has 2 atom stereocenters. The first-order valence-corrected chi connectivity index (χ1v) is 12.0. The second-order valence-electron chi connectivity index (χ2n) is 9.87. The van der Waals surface area contributed by atoms with Crippen molar-refractivity contribution < 1.29 is 9.84 Å². The van der Waals surface area contributed by atoms with Gasteiger partial charge in [0.15, 0.2) is 11.2 Å². The van der Waals surface area contributed by atoms with Gasteiger partial charge in [0, 0.05) is 20.1 Å². The van der Waals surface area contributed by atoms with Crippen molar-refractivity contribution in [1.29, 1.82) is 0 Å². The molecule has 0 radical (unpaired) electrons. The normalized spacial score (nSPS) is 17.5. The fourth-order valence-electron chi connectivity index (χ4n) is 4.70. The van der Waals surface area contributed by atoms with Crippen molar-refractivity contribution in [2.24, 2.45) is 13.0 Å². The van der Waals surface area contributed by atoms with Gasteiger partial charge in [-0.25, -0.2) is 4.79 Å². The summed E-state index contributed by atoms with van der Waals surface area (Å²) in [5.74, 6) is 2.15. The topological polar surface area (TPSA) is 105 Å². The summed E-state index contributed by atoms with van der Waals surface area (Å²) in [6, 6.07) is 6.09. The Morgan fingerprint density at radius 2 is 2.06 bits per heavy atom. The minimum atomic E-state index is -0.879. The van der Waals surface area contributed by atoms with Crippen LogP contribution in [0.4, 0.5) is 5.95 Å². The summed E-state index contributed by atoms with van der Waals surface area (Å²) in [7, 11) is 1.59. The molecular formula is C25H35N5O4. The van der Waals surface area contributed by atoms with E-state index in [1.54, 1.807) is 11.6 Å². The van der Waals surface area contributed by atoms with Gasteiger partial charge in [0.1, 0.15) is 18.5 Å². The van der Waals surface area contributed by atoms with E-state index in [1.807, 2.05) is 13.0 Å². The summed E-state index contributed by atoms with van der Waals surface area (Å²) in [6.07, 6.45) is 1.29. The molecule has 1 aliphatic heterocycles. The Morgan fingerprint density at radius 3 is 2.76 bits per heavy atom. The molecule has 4 rings (SSSR count). The number of aromatic nitrogens is 4. The minimum Gasteiger partial charge on any atom is -0.491 e. The SMILES string of the molecule is Cc1ccc(C(C)C)c(OC[C@H](O)Cn2c(N3CCC[C@@H](C)C3)nc3c2c(=O)[nH]c(=O)n3C)c1. The van der Waals surface area contributed by atoms with Gasteiger partial charge < -0.3 is 19.3 Å².